The molecule has 186 valence electrons. The van der Waals surface area contributed by atoms with Gasteiger partial charge >= 0.3 is 0 Å². The minimum absolute atomic E-state index is 0.199. The number of para-hydroxylation sites is 1. The summed E-state index contributed by atoms with van der Waals surface area (Å²) in [5.74, 6) is 0.356. The van der Waals surface area contributed by atoms with Gasteiger partial charge < -0.3 is 4.74 Å². The molecule has 5 rings (SSSR count). The summed E-state index contributed by atoms with van der Waals surface area (Å²) >= 11 is 1.39. The van der Waals surface area contributed by atoms with E-state index in [1.54, 1.807) is 36.5 Å². The SMILES string of the molecule is COc1cccc2sc(N(Cc3cccnc3)C(=O)c3ccc(S(=O)(=O)N4CCCCC4)cc3)nc12. The van der Waals surface area contributed by atoms with Gasteiger partial charge in [0.05, 0.1) is 23.2 Å². The van der Waals surface area contributed by atoms with Gasteiger partial charge in [-0.1, -0.05) is 29.9 Å². The van der Waals surface area contributed by atoms with Crippen LogP contribution in [-0.2, 0) is 16.6 Å². The molecule has 0 aliphatic carbocycles. The summed E-state index contributed by atoms with van der Waals surface area (Å²) in [6.07, 6.45) is 6.17. The van der Waals surface area contributed by atoms with Crippen molar-refractivity contribution >= 4 is 42.6 Å². The van der Waals surface area contributed by atoms with Gasteiger partial charge in [0.1, 0.15) is 11.3 Å². The number of thiazole rings is 1. The van der Waals surface area contributed by atoms with E-state index in [2.05, 4.69) is 4.98 Å². The standard InChI is InChI=1S/C26H26N4O4S2/c1-34-22-8-5-9-23-24(22)28-26(35-23)30(18-19-7-6-14-27-17-19)25(31)20-10-12-21(13-11-20)36(32,33)29-15-3-2-4-16-29/h5-14,17H,2-4,15-16,18H2,1H3. The summed E-state index contributed by atoms with van der Waals surface area (Å²) in [7, 11) is -1.99. The summed E-state index contributed by atoms with van der Waals surface area (Å²) in [6.45, 7) is 1.33. The molecule has 0 bridgehead atoms. The van der Waals surface area contributed by atoms with Crippen LogP contribution in [0.4, 0.5) is 5.13 Å². The second kappa shape index (κ2) is 10.3. The van der Waals surface area contributed by atoms with Crippen LogP contribution in [0.25, 0.3) is 10.2 Å². The Kier molecular flexibility index (Phi) is 6.99. The molecule has 0 atom stereocenters. The molecule has 2 aromatic heterocycles. The Balaban J connectivity index is 1.48. The third-order valence-corrected chi connectivity index (χ3v) is 9.14. The van der Waals surface area contributed by atoms with Crippen LogP contribution in [-0.4, -0.2) is 48.8 Å². The average Bonchev–Trinajstić information content (AvgIpc) is 3.37. The molecule has 0 radical (unpaired) electrons. The highest BCUT2D eigenvalue weighted by atomic mass is 32.2. The molecular formula is C26H26N4O4S2. The topological polar surface area (TPSA) is 92.7 Å². The second-order valence-corrected chi connectivity index (χ2v) is 11.5. The molecule has 0 saturated carbocycles. The van der Waals surface area contributed by atoms with Crippen LogP contribution in [0.5, 0.6) is 5.75 Å². The predicted molar refractivity (Wildman–Crippen MR) is 140 cm³/mol. The van der Waals surface area contributed by atoms with Crippen LogP contribution in [0, 0.1) is 0 Å². The van der Waals surface area contributed by atoms with Gasteiger partial charge in [0.25, 0.3) is 5.91 Å². The van der Waals surface area contributed by atoms with Crippen molar-refractivity contribution in [3.63, 3.8) is 0 Å². The second-order valence-electron chi connectivity index (χ2n) is 8.55. The van der Waals surface area contributed by atoms with E-state index in [9.17, 15) is 13.2 Å². The lowest BCUT2D eigenvalue weighted by atomic mass is 10.2. The number of anilines is 1. The number of ether oxygens (including phenoxy) is 1. The molecule has 0 N–H and O–H groups in total. The van der Waals surface area contributed by atoms with Gasteiger partial charge in [0.2, 0.25) is 10.0 Å². The maximum Gasteiger partial charge on any atom is 0.260 e. The van der Waals surface area contributed by atoms with Crippen molar-refractivity contribution in [1.29, 1.82) is 0 Å². The van der Waals surface area contributed by atoms with Gasteiger partial charge in [0, 0.05) is 31.0 Å². The molecule has 3 heterocycles. The van der Waals surface area contributed by atoms with Crippen molar-refractivity contribution in [3.8, 4) is 5.75 Å². The molecule has 36 heavy (non-hydrogen) atoms. The van der Waals surface area contributed by atoms with E-state index in [0.29, 0.717) is 35.1 Å². The van der Waals surface area contributed by atoms with Crippen molar-refractivity contribution < 1.29 is 17.9 Å². The van der Waals surface area contributed by atoms with Crippen LogP contribution < -0.4 is 9.64 Å². The lowest BCUT2D eigenvalue weighted by Gasteiger charge is -2.26. The van der Waals surface area contributed by atoms with E-state index in [0.717, 1.165) is 29.5 Å². The summed E-state index contributed by atoms with van der Waals surface area (Å²) in [4.78, 5) is 24.4. The third kappa shape index (κ3) is 4.84. The van der Waals surface area contributed by atoms with E-state index < -0.39 is 10.0 Å². The van der Waals surface area contributed by atoms with E-state index >= 15 is 0 Å². The molecule has 2 aromatic carbocycles. The first-order valence-electron chi connectivity index (χ1n) is 11.7. The fraction of sp³-hybridized carbons (Fsp3) is 0.269. The Morgan fingerprint density at radius 2 is 1.83 bits per heavy atom. The number of sulfonamides is 1. The Labute approximate surface area is 214 Å². The molecule has 0 unspecified atom stereocenters. The molecule has 0 spiro atoms. The number of benzene rings is 2. The fourth-order valence-electron chi connectivity index (χ4n) is 4.27. The number of fused-ring (bicyclic) bond motifs is 1. The first-order valence-corrected chi connectivity index (χ1v) is 14.0. The highest BCUT2D eigenvalue weighted by Crippen LogP contribution is 2.35. The van der Waals surface area contributed by atoms with E-state index in [-0.39, 0.29) is 17.3 Å². The summed E-state index contributed by atoms with van der Waals surface area (Å²) in [5, 5.41) is 0.522. The number of carbonyl (C=O) groups is 1. The smallest absolute Gasteiger partial charge is 0.260 e. The average molecular weight is 523 g/mol. The Bertz CT molecular complexity index is 1470. The highest BCUT2D eigenvalue weighted by molar-refractivity contribution is 7.89. The number of methoxy groups -OCH3 is 1. The number of aromatic nitrogens is 2. The van der Waals surface area contributed by atoms with Crippen molar-refractivity contribution in [1.82, 2.24) is 14.3 Å². The number of pyridine rings is 1. The Hall–Kier alpha value is -3.34. The lowest BCUT2D eigenvalue weighted by molar-refractivity contribution is 0.0985. The zero-order chi connectivity index (χ0) is 25.1. The van der Waals surface area contributed by atoms with Crippen molar-refractivity contribution in [2.75, 3.05) is 25.1 Å². The van der Waals surface area contributed by atoms with Gasteiger partial charge in [-0.05, 0) is 60.9 Å². The fourth-order valence-corrected chi connectivity index (χ4v) is 6.77. The van der Waals surface area contributed by atoms with Gasteiger partial charge in [-0.25, -0.2) is 13.4 Å². The van der Waals surface area contributed by atoms with Gasteiger partial charge in [0.15, 0.2) is 5.13 Å². The number of piperidine rings is 1. The van der Waals surface area contributed by atoms with Crippen LogP contribution in [0.1, 0.15) is 35.2 Å². The zero-order valence-corrected chi connectivity index (χ0v) is 21.5. The van der Waals surface area contributed by atoms with Crippen LogP contribution in [0.2, 0.25) is 0 Å². The van der Waals surface area contributed by atoms with Crippen molar-refractivity contribution in [2.45, 2.75) is 30.7 Å². The number of amides is 1. The number of hydrogen-bond donors (Lipinski definition) is 0. The van der Waals surface area contributed by atoms with Crippen LogP contribution >= 0.6 is 11.3 Å². The molecule has 8 nitrogen and oxygen atoms in total. The van der Waals surface area contributed by atoms with E-state index in [1.165, 1.54) is 27.8 Å². The van der Waals surface area contributed by atoms with Crippen LogP contribution in [0.15, 0.2) is 71.9 Å². The summed E-state index contributed by atoms with van der Waals surface area (Å²) in [5.41, 5.74) is 1.91. The number of nitrogens with zero attached hydrogens (tertiary/aromatic N) is 4. The lowest BCUT2D eigenvalue weighted by Crippen LogP contribution is -2.35. The minimum atomic E-state index is -3.57. The van der Waals surface area contributed by atoms with Gasteiger partial charge in [-0.15, -0.1) is 0 Å². The normalized spacial score (nSPS) is 14.6. The maximum absolute atomic E-state index is 13.7. The summed E-state index contributed by atoms with van der Waals surface area (Å²) < 4.78 is 33.9. The van der Waals surface area contributed by atoms with Crippen molar-refractivity contribution in [3.05, 3.63) is 78.1 Å². The van der Waals surface area contributed by atoms with Gasteiger partial charge in [-0.2, -0.15) is 4.31 Å². The molecule has 1 amide bonds. The highest BCUT2D eigenvalue weighted by Gasteiger charge is 2.27. The van der Waals surface area contributed by atoms with Crippen LogP contribution in [0.3, 0.4) is 0 Å². The molecule has 10 heteroatoms. The van der Waals surface area contributed by atoms with Gasteiger partial charge in [-0.3, -0.25) is 14.7 Å². The first-order chi connectivity index (χ1) is 17.5. The molecule has 4 aromatic rings. The number of carbonyl (C=O) groups excluding carboxylic acids is 1. The van der Waals surface area contributed by atoms with E-state index in [1.807, 2.05) is 30.3 Å². The maximum atomic E-state index is 13.7. The molecular weight excluding hydrogens is 496 g/mol. The molecule has 1 aliphatic heterocycles. The predicted octanol–water partition coefficient (Wildman–Crippen LogP) is 4.72. The van der Waals surface area contributed by atoms with Crippen molar-refractivity contribution in [2.24, 2.45) is 0 Å². The Morgan fingerprint density at radius 1 is 1.06 bits per heavy atom. The third-order valence-electron chi connectivity index (χ3n) is 6.18. The number of rotatable bonds is 7. The van der Waals surface area contributed by atoms with E-state index in [4.69, 9.17) is 9.72 Å². The molecule has 1 aliphatic rings. The quantitative estimate of drug-likeness (QED) is 0.349. The largest absolute Gasteiger partial charge is 0.494 e. The molecule has 1 fully saturated rings. The Morgan fingerprint density at radius 3 is 2.53 bits per heavy atom. The number of hydrogen-bond acceptors (Lipinski definition) is 7. The molecule has 1 saturated heterocycles. The zero-order valence-electron chi connectivity index (χ0n) is 19.8. The first kappa shape index (κ1) is 24.4. The summed E-state index contributed by atoms with van der Waals surface area (Å²) in [6, 6.07) is 15.5. The monoisotopic (exact) mass is 522 g/mol. The minimum Gasteiger partial charge on any atom is -0.494 e.